The minimum Gasteiger partial charge on any atom is -0.356 e. The molecule has 1 aromatic carbocycles. The van der Waals surface area contributed by atoms with Gasteiger partial charge in [0.2, 0.25) is 0 Å². The highest BCUT2D eigenvalue weighted by Gasteiger charge is 2.27. The third kappa shape index (κ3) is 3.40. The first kappa shape index (κ1) is 18.0. The van der Waals surface area contributed by atoms with E-state index in [1.165, 1.54) is 57.3 Å². The number of rotatable bonds is 3. The van der Waals surface area contributed by atoms with E-state index >= 15 is 0 Å². The molecule has 2 aliphatic rings. The molecule has 0 bridgehead atoms. The van der Waals surface area contributed by atoms with Crippen LogP contribution in [0.15, 0.2) is 36.0 Å². The van der Waals surface area contributed by atoms with Crippen molar-refractivity contribution in [3.05, 3.63) is 41.8 Å². The summed E-state index contributed by atoms with van der Waals surface area (Å²) < 4.78 is 13.4. The van der Waals surface area contributed by atoms with E-state index in [4.69, 9.17) is 0 Å². The van der Waals surface area contributed by atoms with Crippen molar-refractivity contribution in [3.63, 3.8) is 0 Å². The van der Waals surface area contributed by atoms with Gasteiger partial charge in [-0.1, -0.05) is 18.6 Å². The van der Waals surface area contributed by atoms with Crippen molar-refractivity contribution < 1.29 is 4.39 Å². The number of halogens is 1. The maximum atomic E-state index is 13.4. The Morgan fingerprint density at radius 2 is 1.68 bits per heavy atom. The van der Waals surface area contributed by atoms with Crippen LogP contribution in [0.25, 0.3) is 21.3 Å². The van der Waals surface area contributed by atoms with Crippen molar-refractivity contribution in [1.82, 2.24) is 14.9 Å². The Kier molecular flexibility index (Phi) is 4.99. The number of fused-ring (bicyclic) bond motifs is 1. The number of piperidine rings is 2. The van der Waals surface area contributed by atoms with Crippen LogP contribution in [-0.4, -0.2) is 47.1 Å². The van der Waals surface area contributed by atoms with Crippen LogP contribution >= 0.6 is 11.3 Å². The van der Waals surface area contributed by atoms with Crippen LogP contribution in [-0.2, 0) is 0 Å². The Hall–Kier alpha value is -2.05. The summed E-state index contributed by atoms with van der Waals surface area (Å²) in [5, 5.41) is 3.23. The predicted molar refractivity (Wildman–Crippen MR) is 113 cm³/mol. The highest BCUT2D eigenvalue weighted by molar-refractivity contribution is 7.17. The van der Waals surface area contributed by atoms with Crippen molar-refractivity contribution in [3.8, 4) is 11.1 Å². The molecule has 0 N–H and O–H groups in total. The lowest BCUT2D eigenvalue weighted by molar-refractivity contribution is 0.141. The standard InChI is InChI=1S/C22H25FN4S/c23-17-6-4-16(5-7-17)19-14-28-22-20(19)21(24-15-25-22)27-12-8-18(9-13-27)26-10-2-1-3-11-26/h4-7,14-15,18H,1-3,8-13H2. The second-order valence-corrected chi connectivity index (χ2v) is 8.71. The Balaban J connectivity index is 1.42. The Morgan fingerprint density at radius 3 is 2.43 bits per heavy atom. The van der Waals surface area contributed by atoms with Crippen LogP contribution in [0.4, 0.5) is 10.2 Å². The molecule has 0 aliphatic carbocycles. The zero-order chi connectivity index (χ0) is 18.9. The van der Waals surface area contributed by atoms with E-state index in [-0.39, 0.29) is 5.82 Å². The zero-order valence-corrected chi connectivity index (χ0v) is 16.8. The molecule has 146 valence electrons. The molecule has 4 nitrogen and oxygen atoms in total. The molecular weight excluding hydrogens is 371 g/mol. The largest absolute Gasteiger partial charge is 0.356 e. The molecule has 0 spiro atoms. The van der Waals surface area contributed by atoms with Gasteiger partial charge >= 0.3 is 0 Å². The second-order valence-electron chi connectivity index (χ2n) is 7.85. The van der Waals surface area contributed by atoms with Crippen molar-refractivity contribution in [2.45, 2.75) is 38.1 Å². The normalized spacial score (nSPS) is 19.4. The van der Waals surface area contributed by atoms with Crippen LogP contribution in [0.1, 0.15) is 32.1 Å². The van der Waals surface area contributed by atoms with Crippen molar-refractivity contribution in [1.29, 1.82) is 0 Å². The van der Waals surface area contributed by atoms with Gasteiger partial charge < -0.3 is 9.80 Å². The number of benzene rings is 1. The molecule has 0 radical (unpaired) electrons. The minimum absolute atomic E-state index is 0.209. The molecule has 6 heteroatoms. The summed E-state index contributed by atoms with van der Waals surface area (Å²) in [6, 6.07) is 7.44. The van der Waals surface area contributed by atoms with E-state index in [2.05, 4.69) is 25.1 Å². The van der Waals surface area contributed by atoms with E-state index in [9.17, 15) is 4.39 Å². The summed E-state index contributed by atoms with van der Waals surface area (Å²) in [7, 11) is 0. The van der Waals surface area contributed by atoms with Crippen LogP contribution in [0, 0.1) is 5.82 Å². The fourth-order valence-electron chi connectivity index (χ4n) is 4.67. The summed E-state index contributed by atoms with van der Waals surface area (Å²) in [5.41, 5.74) is 2.13. The fourth-order valence-corrected chi connectivity index (χ4v) is 5.58. The molecule has 0 amide bonds. The van der Waals surface area contributed by atoms with Crippen LogP contribution in [0.2, 0.25) is 0 Å². The molecule has 2 aromatic heterocycles. The molecule has 4 heterocycles. The molecule has 3 aromatic rings. The highest BCUT2D eigenvalue weighted by Crippen LogP contribution is 2.38. The number of hydrogen-bond donors (Lipinski definition) is 0. The van der Waals surface area contributed by atoms with Crippen molar-refractivity contribution >= 4 is 27.4 Å². The zero-order valence-electron chi connectivity index (χ0n) is 16.0. The Bertz CT molecular complexity index is 941. The van der Waals surface area contributed by atoms with Crippen LogP contribution < -0.4 is 4.90 Å². The summed E-state index contributed by atoms with van der Waals surface area (Å²) in [6.07, 6.45) is 8.16. The van der Waals surface area contributed by atoms with Gasteiger partial charge in [0.05, 0.1) is 5.39 Å². The SMILES string of the molecule is Fc1ccc(-c2csc3ncnc(N4CCC(N5CCCCC5)CC4)c23)cc1. The quantitative estimate of drug-likeness (QED) is 0.627. The summed E-state index contributed by atoms with van der Waals surface area (Å²) in [4.78, 5) is 15.3. The average molecular weight is 397 g/mol. The van der Waals surface area contributed by atoms with Gasteiger partial charge in [0.25, 0.3) is 0 Å². The van der Waals surface area contributed by atoms with E-state index in [0.717, 1.165) is 40.3 Å². The number of likely N-dealkylation sites (tertiary alicyclic amines) is 1. The fraction of sp³-hybridized carbons (Fsp3) is 0.455. The van der Waals surface area contributed by atoms with Gasteiger partial charge in [0, 0.05) is 30.1 Å². The molecule has 28 heavy (non-hydrogen) atoms. The maximum Gasteiger partial charge on any atom is 0.141 e. The summed E-state index contributed by atoms with van der Waals surface area (Å²) >= 11 is 1.63. The highest BCUT2D eigenvalue weighted by atomic mass is 32.1. The number of anilines is 1. The van der Waals surface area contributed by atoms with Gasteiger partial charge in [-0.2, -0.15) is 0 Å². The van der Waals surface area contributed by atoms with Gasteiger partial charge in [0.15, 0.2) is 0 Å². The topological polar surface area (TPSA) is 32.3 Å². The molecule has 5 rings (SSSR count). The molecule has 2 saturated heterocycles. The van der Waals surface area contributed by atoms with E-state index in [1.807, 2.05) is 12.1 Å². The first-order valence-corrected chi connectivity index (χ1v) is 11.1. The number of nitrogens with zero attached hydrogens (tertiary/aromatic N) is 4. The lowest BCUT2D eigenvalue weighted by atomic mass is 9.99. The molecule has 0 saturated carbocycles. The average Bonchev–Trinajstić information content (AvgIpc) is 3.19. The first-order valence-electron chi connectivity index (χ1n) is 10.3. The smallest absolute Gasteiger partial charge is 0.141 e. The van der Waals surface area contributed by atoms with Gasteiger partial charge in [-0.05, 0) is 56.5 Å². The summed E-state index contributed by atoms with van der Waals surface area (Å²) in [6.45, 7) is 4.60. The van der Waals surface area contributed by atoms with Crippen molar-refractivity contribution in [2.75, 3.05) is 31.1 Å². The van der Waals surface area contributed by atoms with E-state index in [0.29, 0.717) is 6.04 Å². The molecule has 2 fully saturated rings. The second kappa shape index (κ2) is 7.76. The molecule has 0 atom stereocenters. The third-order valence-electron chi connectivity index (χ3n) is 6.18. The van der Waals surface area contributed by atoms with Gasteiger partial charge in [-0.15, -0.1) is 11.3 Å². The Labute approximate surface area is 169 Å². The molecular formula is C22H25FN4S. The van der Waals surface area contributed by atoms with Crippen LogP contribution in [0.3, 0.4) is 0 Å². The van der Waals surface area contributed by atoms with E-state index < -0.39 is 0 Å². The Morgan fingerprint density at radius 1 is 0.929 bits per heavy atom. The number of aromatic nitrogens is 2. The number of hydrogen-bond acceptors (Lipinski definition) is 5. The maximum absolute atomic E-state index is 13.4. The van der Waals surface area contributed by atoms with E-state index in [1.54, 1.807) is 17.7 Å². The molecule has 2 aliphatic heterocycles. The number of thiophene rings is 1. The van der Waals surface area contributed by atoms with Gasteiger partial charge in [-0.25, -0.2) is 14.4 Å². The minimum atomic E-state index is -0.209. The third-order valence-corrected chi connectivity index (χ3v) is 7.06. The lowest BCUT2D eigenvalue weighted by Crippen LogP contribution is -2.47. The summed E-state index contributed by atoms with van der Waals surface area (Å²) in [5.74, 6) is 0.821. The van der Waals surface area contributed by atoms with Crippen molar-refractivity contribution in [2.24, 2.45) is 0 Å². The first-order chi connectivity index (χ1) is 13.8. The molecule has 0 unspecified atom stereocenters. The van der Waals surface area contributed by atoms with Crippen LogP contribution in [0.5, 0.6) is 0 Å². The van der Waals surface area contributed by atoms with Gasteiger partial charge in [0.1, 0.15) is 22.8 Å². The van der Waals surface area contributed by atoms with Gasteiger partial charge in [-0.3, -0.25) is 0 Å². The lowest BCUT2D eigenvalue weighted by Gasteiger charge is -2.40. The predicted octanol–water partition coefficient (Wildman–Crippen LogP) is 4.95. The monoisotopic (exact) mass is 396 g/mol.